The van der Waals surface area contributed by atoms with Gasteiger partial charge in [-0.3, -0.25) is 9.52 Å². The van der Waals surface area contributed by atoms with Gasteiger partial charge in [-0.25, -0.2) is 18.4 Å². The molecular weight excluding hydrogens is 452 g/mol. The van der Waals surface area contributed by atoms with E-state index in [0.29, 0.717) is 33.9 Å². The van der Waals surface area contributed by atoms with Gasteiger partial charge in [0.05, 0.1) is 23.0 Å². The van der Waals surface area contributed by atoms with Gasteiger partial charge in [0.2, 0.25) is 0 Å². The Morgan fingerprint density at radius 2 is 1.59 bits per heavy atom. The summed E-state index contributed by atoms with van der Waals surface area (Å²) in [5, 5.41) is 12.3. The highest BCUT2D eigenvalue weighted by molar-refractivity contribution is 7.92. The highest BCUT2D eigenvalue weighted by atomic mass is 32.2. The van der Waals surface area contributed by atoms with Crippen molar-refractivity contribution < 1.29 is 18.3 Å². The van der Waals surface area contributed by atoms with E-state index < -0.39 is 15.9 Å². The van der Waals surface area contributed by atoms with Gasteiger partial charge in [0.25, 0.3) is 15.9 Å². The Labute approximate surface area is 197 Å². The summed E-state index contributed by atoms with van der Waals surface area (Å²) in [4.78, 5) is 21.2. The van der Waals surface area contributed by atoms with Gasteiger partial charge in [0.15, 0.2) is 5.82 Å². The Morgan fingerprint density at radius 1 is 0.882 bits per heavy atom. The van der Waals surface area contributed by atoms with Gasteiger partial charge in [-0.05, 0) is 67.4 Å². The average molecular weight is 475 g/mol. The fourth-order valence-electron chi connectivity index (χ4n) is 3.29. The van der Waals surface area contributed by atoms with Crippen molar-refractivity contribution in [1.82, 2.24) is 9.97 Å². The Hall–Kier alpha value is -4.24. The zero-order valence-electron chi connectivity index (χ0n) is 18.5. The van der Waals surface area contributed by atoms with Crippen LogP contribution in [0.4, 0.5) is 11.4 Å². The molecule has 0 unspecified atom stereocenters. The molecule has 8 nitrogen and oxygen atoms in total. The van der Waals surface area contributed by atoms with Crippen LogP contribution in [0, 0.1) is 13.8 Å². The number of hydrogen-bond acceptors (Lipinski definition) is 6. The van der Waals surface area contributed by atoms with Crippen molar-refractivity contribution in [3.05, 3.63) is 95.8 Å². The van der Waals surface area contributed by atoms with Crippen molar-refractivity contribution >= 4 is 27.3 Å². The Balaban J connectivity index is 1.43. The molecule has 172 valence electrons. The minimum atomic E-state index is -3.76. The number of amides is 1. The third-order valence-corrected chi connectivity index (χ3v) is 6.57. The molecule has 3 N–H and O–H groups in total. The van der Waals surface area contributed by atoms with Crippen LogP contribution in [0.2, 0.25) is 0 Å². The molecular formula is C25H22N4O4S. The van der Waals surface area contributed by atoms with Crippen LogP contribution in [0.3, 0.4) is 0 Å². The summed E-state index contributed by atoms with van der Waals surface area (Å²) in [6.07, 6.45) is 2.94. The number of phenolic OH excluding ortho intramolecular Hbond substituents is 1. The number of sulfonamides is 1. The molecule has 34 heavy (non-hydrogen) atoms. The summed E-state index contributed by atoms with van der Waals surface area (Å²) < 4.78 is 28.1. The van der Waals surface area contributed by atoms with Crippen molar-refractivity contribution in [3.8, 4) is 17.1 Å². The third-order valence-electron chi connectivity index (χ3n) is 5.05. The van der Waals surface area contributed by atoms with Crippen molar-refractivity contribution in [1.29, 1.82) is 0 Å². The van der Waals surface area contributed by atoms with Crippen LogP contribution in [0.5, 0.6) is 5.75 Å². The van der Waals surface area contributed by atoms with Crippen LogP contribution in [0.15, 0.2) is 84.0 Å². The maximum Gasteiger partial charge on any atom is 0.262 e. The summed E-state index contributed by atoms with van der Waals surface area (Å²) in [7, 11) is -3.76. The number of carbonyl (C=O) groups is 1. The normalized spacial score (nSPS) is 11.1. The van der Waals surface area contributed by atoms with E-state index in [2.05, 4.69) is 20.0 Å². The lowest BCUT2D eigenvalue weighted by Crippen LogP contribution is -2.15. The fourth-order valence-corrected chi connectivity index (χ4v) is 4.68. The van der Waals surface area contributed by atoms with E-state index in [9.17, 15) is 18.3 Å². The standard InChI is InChI=1S/C25H22N4O4S/c1-16-6-7-17(2)23(12-16)34(32,33)29-20-10-8-18(9-11-20)25(31)28-21-14-26-24(27-15-21)19-4-3-5-22(30)13-19/h3-15,29-30H,1-2H3,(H,28,31). The van der Waals surface area contributed by atoms with Crippen molar-refractivity contribution in [2.45, 2.75) is 18.7 Å². The molecule has 0 aliphatic heterocycles. The second-order valence-corrected chi connectivity index (χ2v) is 9.40. The summed E-state index contributed by atoms with van der Waals surface area (Å²) in [6.45, 7) is 3.57. The molecule has 1 aromatic heterocycles. The first-order valence-electron chi connectivity index (χ1n) is 10.3. The lowest BCUT2D eigenvalue weighted by atomic mass is 10.2. The number of nitrogens with zero attached hydrogens (tertiary/aromatic N) is 2. The first-order chi connectivity index (χ1) is 16.2. The number of nitrogens with one attached hydrogen (secondary N) is 2. The molecule has 0 aliphatic carbocycles. The number of hydrogen-bond donors (Lipinski definition) is 3. The van der Waals surface area contributed by atoms with Gasteiger partial charge < -0.3 is 10.4 Å². The number of aryl methyl sites for hydroxylation is 2. The highest BCUT2D eigenvalue weighted by Crippen LogP contribution is 2.22. The minimum Gasteiger partial charge on any atom is -0.508 e. The maximum atomic E-state index is 12.8. The number of benzene rings is 3. The smallest absolute Gasteiger partial charge is 0.262 e. The first kappa shape index (κ1) is 22.9. The van der Waals surface area contributed by atoms with Gasteiger partial charge in [0.1, 0.15) is 5.75 Å². The van der Waals surface area contributed by atoms with E-state index in [1.807, 2.05) is 13.0 Å². The molecule has 4 aromatic rings. The van der Waals surface area contributed by atoms with Crippen molar-refractivity contribution in [3.63, 3.8) is 0 Å². The molecule has 0 atom stereocenters. The lowest BCUT2D eigenvalue weighted by molar-refractivity contribution is 0.102. The minimum absolute atomic E-state index is 0.109. The summed E-state index contributed by atoms with van der Waals surface area (Å²) in [6, 6.07) is 17.9. The highest BCUT2D eigenvalue weighted by Gasteiger charge is 2.17. The fraction of sp³-hybridized carbons (Fsp3) is 0.0800. The largest absolute Gasteiger partial charge is 0.508 e. The second kappa shape index (κ2) is 9.32. The third kappa shape index (κ3) is 5.21. The Bertz CT molecular complexity index is 1450. The quantitative estimate of drug-likeness (QED) is 0.378. The number of carbonyl (C=O) groups excluding carboxylic acids is 1. The number of aromatic nitrogens is 2. The topological polar surface area (TPSA) is 121 Å². The van der Waals surface area contributed by atoms with E-state index in [1.54, 1.807) is 43.3 Å². The van der Waals surface area contributed by atoms with E-state index in [1.165, 1.54) is 36.7 Å². The van der Waals surface area contributed by atoms with Crippen LogP contribution in [0.25, 0.3) is 11.4 Å². The van der Waals surface area contributed by atoms with Crippen molar-refractivity contribution in [2.24, 2.45) is 0 Å². The molecule has 0 radical (unpaired) electrons. The number of aromatic hydroxyl groups is 1. The zero-order valence-corrected chi connectivity index (χ0v) is 19.3. The van der Waals surface area contributed by atoms with Crippen LogP contribution >= 0.6 is 0 Å². The van der Waals surface area contributed by atoms with Gasteiger partial charge in [0, 0.05) is 16.8 Å². The first-order valence-corrected chi connectivity index (χ1v) is 11.8. The molecule has 0 fully saturated rings. The van der Waals surface area contributed by atoms with E-state index in [4.69, 9.17) is 0 Å². The molecule has 0 aliphatic rings. The molecule has 3 aromatic carbocycles. The molecule has 1 heterocycles. The van der Waals surface area contributed by atoms with Crippen LogP contribution in [-0.2, 0) is 10.0 Å². The second-order valence-electron chi connectivity index (χ2n) is 7.75. The molecule has 0 saturated heterocycles. The van der Waals surface area contributed by atoms with E-state index in [-0.39, 0.29) is 10.6 Å². The van der Waals surface area contributed by atoms with Crippen LogP contribution < -0.4 is 10.0 Å². The van der Waals surface area contributed by atoms with E-state index in [0.717, 1.165) is 5.56 Å². The summed E-state index contributed by atoms with van der Waals surface area (Å²) in [5.41, 5.74) is 3.22. The monoisotopic (exact) mass is 474 g/mol. The molecule has 4 rings (SSSR count). The van der Waals surface area contributed by atoms with Gasteiger partial charge in [-0.1, -0.05) is 24.3 Å². The van der Waals surface area contributed by atoms with Gasteiger partial charge in [-0.2, -0.15) is 0 Å². The molecule has 0 saturated carbocycles. The molecule has 1 amide bonds. The van der Waals surface area contributed by atoms with Crippen molar-refractivity contribution in [2.75, 3.05) is 10.0 Å². The molecule has 0 bridgehead atoms. The Kier molecular flexibility index (Phi) is 6.29. The maximum absolute atomic E-state index is 12.8. The summed E-state index contributed by atoms with van der Waals surface area (Å²) in [5.74, 6) is 0.130. The number of phenols is 1. The average Bonchev–Trinajstić information content (AvgIpc) is 2.81. The number of rotatable bonds is 6. The Morgan fingerprint density at radius 3 is 2.26 bits per heavy atom. The number of anilines is 2. The molecule has 0 spiro atoms. The molecule has 9 heteroatoms. The zero-order chi connectivity index (χ0) is 24.3. The van der Waals surface area contributed by atoms with Gasteiger partial charge >= 0.3 is 0 Å². The summed E-state index contributed by atoms with van der Waals surface area (Å²) >= 11 is 0. The van der Waals surface area contributed by atoms with Gasteiger partial charge in [-0.15, -0.1) is 0 Å². The predicted octanol–water partition coefficient (Wildman–Crippen LogP) is 4.52. The lowest BCUT2D eigenvalue weighted by Gasteiger charge is -2.12. The van der Waals surface area contributed by atoms with Crippen LogP contribution in [-0.4, -0.2) is 29.4 Å². The SMILES string of the molecule is Cc1ccc(C)c(S(=O)(=O)Nc2ccc(C(=O)Nc3cnc(-c4cccc(O)c4)nc3)cc2)c1. The predicted molar refractivity (Wildman–Crippen MR) is 130 cm³/mol. The van der Waals surface area contributed by atoms with Crippen LogP contribution in [0.1, 0.15) is 21.5 Å². The van der Waals surface area contributed by atoms with E-state index >= 15 is 0 Å².